The second kappa shape index (κ2) is 7.21. The minimum Gasteiger partial charge on any atom is -0.297 e. The average Bonchev–Trinajstić information content (AvgIpc) is 3.31. The molecule has 6 heteroatoms. The molecular formula is C23H17N3OS2. The summed E-state index contributed by atoms with van der Waals surface area (Å²) in [5.74, 6) is -0.680. The molecule has 1 saturated heterocycles. The summed E-state index contributed by atoms with van der Waals surface area (Å²) in [5, 5.41) is 23.0. The third-order valence-electron chi connectivity index (χ3n) is 5.11. The van der Waals surface area contributed by atoms with Gasteiger partial charge in [0, 0.05) is 0 Å². The van der Waals surface area contributed by atoms with E-state index in [2.05, 4.69) is 40.5 Å². The summed E-state index contributed by atoms with van der Waals surface area (Å²) in [6, 6.07) is 18.6. The molecule has 1 N–H and O–H groups in total. The van der Waals surface area contributed by atoms with Crippen LogP contribution in [-0.4, -0.2) is 21.0 Å². The lowest BCUT2D eigenvalue weighted by Gasteiger charge is -2.09. The molecule has 5 rings (SSSR count). The van der Waals surface area contributed by atoms with Crippen molar-refractivity contribution in [2.75, 3.05) is 0 Å². The van der Waals surface area contributed by atoms with E-state index >= 15 is 0 Å². The van der Waals surface area contributed by atoms with E-state index in [1.54, 1.807) is 0 Å². The van der Waals surface area contributed by atoms with Crippen LogP contribution in [0, 0.1) is 5.41 Å². The van der Waals surface area contributed by atoms with Gasteiger partial charge in [0.05, 0.1) is 9.95 Å². The van der Waals surface area contributed by atoms with Crippen molar-refractivity contribution in [2.45, 2.75) is 19.3 Å². The van der Waals surface area contributed by atoms with Crippen molar-refractivity contribution in [3.63, 3.8) is 0 Å². The van der Waals surface area contributed by atoms with E-state index in [1.807, 2.05) is 37.3 Å². The first kappa shape index (κ1) is 18.2. The molecule has 1 atom stereocenters. The van der Waals surface area contributed by atoms with Crippen LogP contribution in [0.5, 0.6) is 0 Å². The molecule has 1 fully saturated rings. The molecular weight excluding hydrogens is 398 g/mol. The van der Waals surface area contributed by atoms with Crippen LogP contribution < -0.4 is 0 Å². The molecule has 0 amide bonds. The van der Waals surface area contributed by atoms with E-state index in [-0.39, 0.29) is 5.78 Å². The van der Waals surface area contributed by atoms with Gasteiger partial charge in [-0.15, -0.1) is 21.5 Å². The lowest BCUT2D eigenvalue weighted by atomic mass is 9.95. The molecule has 0 bridgehead atoms. The normalized spacial score (nSPS) is 18.4. The van der Waals surface area contributed by atoms with Gasteiger partial charge in [-0.25, -0.2) is 0 Å². The second-order valence-electron chi connectivity index (χ2n) is 6.89. The SMILES string of the molecule is CCc1nnc(C2C(=N)SC(=Cc3c4ccccc4cc4ccccc34)C2=O)s1. The number of hydrogen-bond donors (Lipinski definition) is 1. The highest BCUT2D eigenvalue weighted by atomic mass is 32.2. The van der Waals surface area contributed by atoms with Gasteiger partial charge >= 0.3 is 0 Å². The van der Waals surface area contributed by atoms with Crippen LogP contribution in [0.4, 0.5) is 0 Å². The molecule has 29 heavy (non-hydrogen) atoms. The average molecular weight is 416 g/mol. The van der Waals surface area contributed by atoms with Crippen LogP contribution in [0.2, 0.25) is 0 Å². The van der Waals surface area contributed by atoms with E-state index in [1.165, 1.54) is 23.1 Å². The first-order chi connectivity index (χ1) is 14.2. The Morgan fingerprint density at radius 2 is 1.69 bits per heavy atom. The number of aromatic nitrogens is 2. The Labute approximate surface area is 176 Å². The summed E-state index contributed by atoms with van der Waals surface area (Å²) >= 11 is 2.67. The quantitative estimate of drug-likeness (QED) is 0.338. The molecule has 4 nitrogen and oxygen atoms in total. The van der Waals surface area contributed by atoms with E-state index in [9.17, 15) is 4.79 Å². The van der Waals surface area contributed by atoms with Crippen molar-refractivity contribution in [3.8, 4) is 0 Å². The van der Waals surface area contributed by atoms with E-state index in [0.717, 1.165) is 38.5 Å². The van der Waals surface area contributed by atoms with Crippen molar-refractivity contribution in [1.29, 1.82) is 5.41 Å². The molecule has 0 aliphatic carbocycles. The maximum Gasteiger partial charge on any atom is 0.186 e. The van der Waals surface area contributed by atoms with E-state index in [0.29, 0.717) is 15.0 Å². The van der Waals surface area contributed by atoms with Gasteiger partial charge < -0.3 is 0 Å². The van der Waals surface area contributed by atoms with Crippen molar-refractivity contribution >= 4 is 61.5 Å². The van der Waals surface area contributed by atoms with Gasteiger partial charge in [0.15, 0.2) is 5.78 Å². The van der Waals surface area contributed by atoms with Gasteiger partial charge in [0.25, 0.3) is 0 Å². The van der Waals surface area contributed by atoms with Crippen molar-refractivity contribution in [1.82, 2.24) is 10.2 Å². The second-order valence-corrected chi connectivity index (χ2v) is 9.07. The van der Waals surface area contributed by atoms with Crippen LogP contribution in [0.15, 0.2) is 59.5 Å². The predicted octanol–water partition coefficient (Wildman–Crippen LogP) is 5.82. The number of fused-ring (bicyclic) bond motifs is 2. The van der Waals surface area contributed by atoms with Gasteiger partial charge in [0.2, 0.25) is 0 Å². The molecule has 2 heterocycles. The van der Waals surface area contributed by atoms with Gasteiger partial charge in [-0.2, -0.15) is 0 Å². The predicted molar refractivity (Wildman–Crippen MR) is 122 cm³/mol. The molecule has 1 aliphatic rings. The number of benzene rings is 3. The Hall–Kier alpha value is -2.83. The Morgan fingerprint density at radius 3 is 2.31 bits per heavy atom. The number of Topliss-reactive ketones (excluding diaryl/α,β-unsaturated/α-hetero) is 1. The van der Waals surface area contributed by atoms with E-state index < -0.39 is 5.92 Å². The molecule has 3 aromatic carbocycles. The van der Waals surface area contributed by atoms with Gasteiger partial charge in [-0.05, 0) is 45.7 Å². The highest BCUT2D eigenvalue weighted by molar-refractivity contribution is 8.19. The summed E-state index contributed by atoms with van der Waals surface area (Å²) in [4.78, 5) is 13.8. The molecule has 1 aliphatic heterocycles. The maximum atomic E-state index is 13.2. The number of carbonyl (C=O) groups is 1. The molecule has 1 aromatic heterocycles. The smallest absolute Gasteiger partial charge is 0.186 e. The Morgan fingerprint density at radius 1 is 1.03 bits per heavy atom. The van der Waals surface area contributed by atoms with Crippen molar-refractivity contribution in [2.24, 2.45) is 0 Å². The van der Waals surface area contributed by atoms with Crippen LogP contribution in [0.3, 0.4) is 0 Å². The largest absolute Gasteiger partial charge is 0.297 e. The zero-order valence-corrected chi connectivity index (χ0v) is 17.3. The number of nitrogens with one attached hydrogen (secondary N) is 1. The molecule has 142 valence electrons. The summed E-state index contributed by atoms with van der Waals surface area (Å²) in [6.45, 7) is 2.01. The fourth-order valence-electron chi connectivity index (χ4n) is 3.68. The van der Waals surface area contributed by atoms with Gasteiger partial charge in [-0.3, -0.25) is 10.2 Å². The Kier molecular flexibility index (Phi) is 4.53. The minimum absolute atomic E-state index is 0.0594. The number of ketones is 1. The van der Waals surface area contributed by atoms with Crippen LogP contribution in [0.25, 0.3) is 27.6 Å². The van der Waals surface area contributed by atoms with Crippen LogP contribution >= 0.6 is 23.1 Å². The zero-order chi connectivity index (χ0) is 20.0. The number of allylic oxidation sites excluding steroid dienone is 1. The fraction of sp³-hybridized carbons (Fsp3) is 0.130. The summed E-state index contributed by atoms with van der Waals surface area (Å²) in [6.07, 6.45) is 2.73. The molecule has 1 unspecified atom stereocenters. The monoisotopic (exact) mass is 415 g/mol. The number of rotatable bonds is 3. The summed E-state index contributed by atoms with van der Waals surface area (Å²) < 4.78 is 0. The third-order valence-corrected chi connectivity index (χ3v) is 7.23. The standard InChI is InChI=1S/C23H17N3OS2/c1-2-19-25-26-23(29-19)20-21(27)18(28-22(20)24)12-17-15-9-5-3-7-13(15)11-14-8-4-6-10-16(14)17/h3-12,20,24H,2H2,1H3. The molecule has 0 spiro atoms. The van der Waals surface area contributed by atoms with Gasteiger partial charge in [0.1, 0.15) is 15.9 Å². The number of nitrogens with zero attached hydrogens (tertiary/aromatic N) is 2. The number of hydrogen-bond acceptors (Lipinski definition) is 6. The van der Waals surface area contributed by atoms with E-state index in [4.69, 9.17) is 5.41 Å². The molecule has 4 aromatic rings. The Bertz CT molecular complexity index is 1270. The number of thioether (sulfide) groups is 1. The summed E-state index contributed by atoms with van der Waals surface area (Å²) in [5.41, 5.74) is 1.02. The number of carbonyl (C=O) groups excluding carboxylic acids is 1. The van der Waals surface area contributed by atoms with Crippen LogP contribution in [0.1, 0.15) is 28.4 Å². The van der Waals surface area contributed by atoms with Crippen molar-refractivity contribution in [3.05, 3.63) is 75.1 Å². The molecule has 0 saturated carbocycles. The van der Waals surface area contributed by atoms with Gasteiger partial charge in [-0.1, -0.05) is 67.2 Å². The van der Waals surface area contributed by atoms with Crippen LogP contribution in [-0.2, 0) is 11.2 Å². The number of aryl methyl sites for hydroxylation is 1. The lowest BCUT2D eigenvalue weighted by molar-refractivity contribution is -0.114. The zero-order valence-electron chi connectivity index (χ0n) is 15.7. The fourth-order valence-corrected chi connectivity index (χ4v) is 5.61. The first-order valence-corrected chi connectivity index (χ1v) is 11.0. The topological polar surface area (TPSA) is 66.7 Å². The highest BCUT2D eigenvalue weighted by Crippen LogP contribution is 2.42. The molecule has 0 radical (unpaired) electrons. The maximum absolute atomic E-state index is 13.2. The summed E-state index contributed by atoms with van der Waals surface area (Å²) in [7, 11) is 0. The minimum atomic E-state index is -0.620. The lowest BCUT2D eigenvalue weighted by Crippen LogP contribution is -2.11. The third kappa shape index (κ3) is 3.09. The van der Waals surface area contributed by atoms with Crippen molar-refractivity contribution < 1.29 is 4.79 Å². The first-order valence-electron chi connectivity index (χ1n) is 9.40. The Balaban J connectivity index is 1.66. The highest BCUT2D eigenvalue weighted by Gasteiger charge is 2.39.